The van der Waals surface area contributed by atoms with E-state index in [2.05, 4.69) is 0 Å². The summed E-state index contributed by atoms with van der Waals surface area (Å²) in [6.45, 7) is 2.88. The molecule has 8 N–H and O–H groups in total. The zero-order valence-corrected chi connectivity index (χ0v) is 14.5. The van der Waals surface area contributed by atoms with Gasteiger partial charge in [0.05, 0.1) is 0 Å². The largest absolute Gasteiger partial charge is 2.00 e. The molecule has 146 valence electrons. The molecule has 0 aliphatic rings. The maximum absolute atomic E-state index is 8.24. The first-order valence-electron chi connectivity index (χ1n) is 5.34. The van der Waals surface area contributed by atoms with Gasteiger partial charge in [0.1, 0.15) is 0 Å². The van der Waals surface area contributed by atoms with Crippen LogP contribution < -0.4 is 22.9 Å². The Morgan fingerprint density at radius 1 is 0.500 bits per heavy atom. The molecule has 0 amide bonds. The fraction of sp³-hybridized carbons (Fsp3) is 0.600. The van der Waals surface area contributed by atoms with Gasteiger partial charge in [-0.2, -0.15) is 0 Å². The third-order valence-electron chi connectivity index (χ3n) is 0.816. The van der Waals surface area contributed by atoms with Crippen LogP contribution in [-0.4, -0.2) is 50.5 Å². The van der Waals surface area contributed by atoms with Crippen LogP contribution in [0.4, 0.5) is 0 Å². The van der Waals surface area contributed by atoms with Gasteiger partial charge in [-0.3, -0.25) is 19.2 Å². The summed E-state index contributed by atoms with van der Waals surface area (Å²) in [5, 5.41) is 27.1. The van der Waals surface area contributed by atoms with Gasteiger partial charge in [0, 0.05) is 0 Å². The molecule has 24 heavy (non-hydrogen) atoms. The molecular formula is C10H20Cu2N8O4. The van der Waals surface area contributed by atoms with Crippen LogP contribution in [0.1, 0.15) is 12.8 Å². The summed E-state index contributed by atoms with van der Waals surface area (Å²) in [7, 11) is 0. The fourth-order valence-corrected chi connectivity index (χ4v) is 0.236. The molecule has 0 unspecified atom stereocenters. The Labute approximate surface area is 161 Å². The van der Waals surface area contributed by atoms with Gasteiger partial charge in [-0.05, 0) is 63.3 Å². The van der Waals surface area contributed by atoms with Gasteiger partial charge in [0.2, 0.25) is 0 Å². The second kappa shape index (κ2) is 126. The van der Waals surface area contributed by atoms with Crippen molar-refractivity contribution in [1.82, 2.24) is 0 Å². The van der Waals surface area contributed by atoms with Crippen molar-refractivity contribution in [2.24, 2.45) is 22.9 Å². The first-order chi connectivity index (χ1) is 10.5. The summed E-state index contributed by atoms with van der Waals surface area (Å²) in [5.74, 6) is 0. The molecule has 0 aromatic rings. The summed E-state index contributed by atoms with van der Waals surface area (Å²) < 4.78 is 0. The minimum absolute atomic E-state index is 0. The summed E-state index contributed by atoms with van der Waals surface area (Å²) in [5.41, 5.74) is 20.2. The van der Waals surface area contributed by atoms with E-state index in [1.54, 1.807) is 0 Å². The van der Waals surface area contributed by atoms with E-state index in [0.717, 1.165) is 39.0 Å². The summed E-state index contributed by atoms with van der Waals surface area (Å²) in [4.78, 5) is 32.9. The number of nitrogens with two attached hydrogens (primary N) is 4. The van der Waals surface area contributed by atoms with E-state index in [0.29, 0.717) is 24.3 Å². The molecule has 12 nitrogen and oxygen atoms in total. The average Bonchev–Trinajstić information content (AvgIpc) is 2.45. The zero-order chi connectivity index (χ0) is 19.1. The molecular weight excluding hydrogens is 423 g/mol. The Balaban J connectivity index is -0.0000000214. The summed E-state index contributed by atoms with van der Waals surface area (Å²) in [6.07, 6.45) is 3.89. The van der Waals surface area contributed by atoms with Crippen LogP contribution in [0.25, 0.3) is 21.6 Å². The first kappa shape index (κ1) is 49.5. The Kier molecular flexibility index (Phi) is 260. The molecule has 2 radical (unpaired) electrons. The predicted molar refractivity (Wildman–Crippen MR) is 81.7 cm³/mol. The molecule has 14 heteroatoms. The number of rotatable bonds is 4. The first-order valence-corrected chi connectivity index (χ1v) is 5.34. The Hall–Kier alpha value is -1.60. The molecule has 0 saturated heterocycles. The molecule has 0 spiro atoms. The monoisotopic (exact) mass is 442 g/mol. The van der Waals surface area contributed by atoms with Crippen molar-refractivity contribution in [1.29, 1.82) is 0 Å². The number of hydrogen-bond acceptors (Lipinski definition) is 8. The molecule has 0 rings (SSSR count). The Morgan fingerprint density at radius 2 is 0.583 bits per heavy atom. The van der Waals surface area contributed by atoms with E-state index in [-0.39, 0.29) is 34.1 Å². The number of isocyanates is 4. The quantitative estimate of drug-likeness (QED) is 0.217. The molecule has 0 atom stereocenters. The van der Waals surface area contributed by atoms with Crippen LogP contribution >= 0.6 is 0 Å². The standard InChI is InChI=1S/2C3H10N2.4CNO.2Cu/c2*4-2-1-3-5;4*2-1-3;;/h2*1-5H2;;;;;;/q;;4*-1;2*+2. The molecule has 0 saturated carbocycles. The van der Waals surface area contributed by atoms with Gasteiger partial charge >= 0.3 is 34.1 Å². The van der Waals surface area contributed by atoms with E-state index in [9.17, 15) is 0 Å². The van der Waals surface area contributed by atoms with Crippen LogP contribution in [-0.2, 0) is 53.3 Å². The van der Waals surface area contributed by atoms with Gasteiger partial charge in [0.15, 0.2) is 0 Å². The minimum atomic E-state index is 0. The van der Waals surface area contributed by atoms with E-state index >= 15 is 0 Å². The van der Waals surface area contributed by atoms with Crippen LogP contribution in [0.15, 0.2) is 0 Å². The van der Waals surface area contributed by atoms with E-state index in [1.807, 2.05) is 0 Å². The van der Waals surface area contributed by atoms with Gasteiger partial charge in [-0.1, -0.05) is 0 Å². The number of nitrogens with zero attached hydrogens (tertiary/aromatic N) is 4. The third-order valence-corrected chi connectivity index (χ3v) is 0.816. The van der Waals surface area contributed by atoms with Gasteiger partial charge < -0.3 is 44.6 Å². The normalized spacial score (nSPS) is 4.83. The van der Waals surface area contributed by atoms with Gasteiger partial charge in [-0.25, -0.2) is 0 Å². The van der Waals surface area contributed by atoms with Crippen LogP contribution in [0.3, 0.4) is 0 Å². The summed E-state index contributed by atoms with van der Waals surface area (Å²) >= 11 is 0. The van der Waals surface area contributed by atoms with E-state index in [1.165, 1.54) is 0 Å². The van der Waals surface area contributed by atoms with Crippen molar-refractivity contribution in [3.63, 3.8) is 0 Å². The third kappa shape index (κ3) is 1330. The Bertz CT molecular complexity index is 239. The topological polar surface area (TPSA) is 262 Å². The molecule has 0 aromatic carbocycles. The van der Waals surface area contributed by atoms with Crippen LogP contribution in [0, 0.1) is 0 Å². The van der Waals surface area contributed by atoms with Crippen molar-refractivity contribution in [3.05, 3.63) is 21.6 Å². The van der Waals surface area contributed by atoms with Crippen LogP contribution in [0.2, 0.25) is 0 Å². The van der Waals surface area contributed by atoms with E-state index in [4.69, 9.17) is 63.7 Å². The number of hydrogen-bond donors (Lipinski definition) is 4. The van der Waals surface area contributed by atoms with Crippen molar-refractivity contribution in [2.45, 2.75) is 12.8 Å². The molecule has 0 aliphatic heterocycles. The molecule has 0 bridgehead atoms. The van der Waals surface area contributed by atoms with Crippen molar-refractivity contribution >= 4 is 24.3 Å². The van der Waals surface area contributed by atoms with Crippen LogP contribution in [0.5, 0.6) is 0 Å². The molecule has 0 fully saturated rings. The smallest absolute Gasteiger partial charge is 0.724 e. The van der Waals surface area contributed by atoms with Crippen molar-refractivity contribution < 1.29 is 53.3 Å². The second-order valence-electron chi connectivity index (χ2n) is 2.23. The SMILES string of the molecule is NCCCN.NCCCN.[Cu+2].[Cu+2].[N-]=C=O.[N-]=C=O.[N-]=C=O.[N-]=C=O. The predicted octanol–water partition coefficient (Wildman–Crippen LogP) is -1.85. The van der Waals surface area contributed by atoms with Gasteiger partial charge in [-0.15, -0.1) is 0 Å². The zero-order valence-electron chi connectivity index (χ0n) is 12.6. The minimum Gasteiger partial charge on any atom is -0.724 e. The molecule has 0 aliphatic carbocycles. The second-order valence-corrected chi connectivity index (χ2v) is 2.23. The van der Waals surface area contributed by atoms with Crippen molar-refractivity contribution in [3.8, 4) is 0 Å². The van der Waals surface area contributed by atoms with E-state index < -0.39 is 0 Å². The number of carbonyl (C=O) groups excluding carboxylic acids is 4. The van der Waals surface area contributed by atoms with Gasteiger partial charge in [0.25, 0.3) is 0 Å². The molecule has 0 heterocycles. The maximum atomic E-state index is 8.24. The Morgan fingerprint density at radius 3 is 0.583 bits per heavy atom. The summed E-state index contributed by atoms with van der Waals surface area (Å²) in [6, 6.07) is 0. The fourth-order valence-electron chi connectivity index (χ4n) is 0.236. The molecule has 0 aromatic heterocycles. The average molecular weight is 443 g/mol. The maximum Gasteiger partial charge on any atom is 2.00 e. The van der Waals surface area contributed by atoms with Crippen molar-refractivity contribution in [2.75, 3.05) is 26.2 Å².